The van der Waals surface area contributed by atoms with Crippen molar-refractivity contribution >= 4 is 35.1 Å². The van der Waals surface area contributed by atoms with Crippen LogP contribution in [0.15, 0.2) is 12.1 Å². The number of likely N-dealkylation sites (tertiary alicyclic amines) is 1. The van der Waals surface area contributed by atoms with E-state index >= 15 is 0 Å². The summed E-state index contributed by atoms with van der Waals surface area (Å²) in [5, 5.41) is 9.59. The minimum Gasteiger partial charge on any atom is -0.371 e. The number of likely N-dealkylation sites (N-methyl/N-ethyl adjacent to an activating group) is 1. The third-order valence-corrected chi connectivity index (χ3v) is 6.72. The lowest BCUT2D eigenvalue weighted by atomic mass is 9.78. The first-order valence-corrected chi connectivity index (χ1v) is 11.9. The molecule has 2 saturated heterocycles. The summed E-state index contributed by atoms with van der Waals surface area (Å²) in [4.78, 5) is 64.7. The quantitative estimate of drug-likeness (QED) is 0.365. The molecule has 0 saturated carbocycles. The maximum atomic E-state index is 14.0. The lowest BCUT2D eigenvalue weighted by Gasteiger charge is -2.43. The first kappa shape index (κ1) is 27.9. The fourth-order valence-electron chi connectivity index (χ4n) is 4.62. The van der Waals surface area contributed by atoms with E-state index in [-0.39, 0.29) is 31.3 Å². The highest BCUT2D eigenvalue weighted by atomic mass is 19.1. The molecule has 2 heterocycles. The molecule has 2 fully saturated rings. The third kappa shape index (κ3) is 6.38. The Labute approximate surface area is 211 Å². The van der Waals surface area contributed by atoms with Gasteiger partial charge in [0.1, 0.15) is 23.6 Å². The SMILES string of the molecule is CNC(=O)C(=O)C(NC(=O)[C@@H]1CC(C)(C)CCN1C(=O)CNc1c(F)cc(F)cc1F)[C@@H]1CCNC1=O. The van der Waals surface area contributed by atoms with Gasteiger partial charge in [-0.2, -0.15) is 0 Å². The van der Waals surface area contributed by atoms with Crippen molar-refractivity contribution in [3.05, 3.63) is 29.6 Å². The standard InChI is InChI=1S/C24H30F3N5O5/c1-24(2)5-7-32(17(33)11-30-19-14(26)8-12(25)9-15(19)27)16(10-24)22(36)31-18(20(34)23(37)28-3)13-4-6-29-21(13)35/h8-9,13,16,18,30H,4-7,10-11H2,1-3H3,(H,28,37)(H,29,35)(H,31,36)/t13-,16-,18?/m0/s1. The van der Waals surface area contributed by atoms with Gasteiger partial charge in [0, 0.05) is 32.3 Å². The van der Waals surface area contributed by atoms with E-state index < -0.39 is 77.1 Å². The molecule has 2 aliphatic heterocycles. The molecule has 0 radical (unpaired) electrons. The Morgan fingerprint density at radius 2 is 1.81 bits per heavy atom. The fourth-order valence-corrected chi connectivity index (χ4v) is 4.62. The van der Waals surface area contributed by atoms with Crippen molar-refractivity contribution < 1.29 is 37.1 Å². The number of carbonyl (C=O) groups is 5. The summed E-state index contributed by atoms with van der Waals surface area (Å²) in [7, 11) is 1.25. The van der Waals surface area contributed by atoms with Gasteiger partial charge in [0.25, 0.3) is 5.91 Å². The van der Waals surface area contributed by atoms with Crippen LogP contribution < -0.4 is 21.3 Å². The van der Waals surface area contributed by atoms with Crippen molar-refractivity contribution in [2.45, 2.75) is 45.2 Å². The molecule has 4 N–H and O–H groups in total. The average Bonchev–Trinajstić information content (AvgIpc) is 3.25. The van der Waals surface area contributed by atoms with Crippen LogP contribution in [0.2, 0.25) is 0 Å². The zero-order chi connectivity index (χ0) is 27.5. The van der Waals surface area contributed by atoms with Crippen LogP contribution in [-0.2, 0) is 24.0 Å². The number of Topliss-reactive ketones (excluding diaryl/α,β-unsaturated/α-hetero) is 1. The Morgan fingerprint density at radius 3 is 2.38 bits per heavy atom. The van der Waals surface area contributed by atoms with E-state index in [0.29, 0.717) is 18.6 Å². The number of carbonyl (C=O) groups excluding carboxylic acids is 5. The summed E-state index contributed by atoms with van der Waals surface area (Å²) in [5.74, 6) is -8.35. The van der Waals surface area contributed by atoms with Crippen molar-refractivity contribution in [2.24, 2.45) is 11.3 Å². The van der Waals surface area contributed by atoms with Gasteiger partial charge in [-0.1, -0.05) is 13.8 Å². The van der Waals surface area contributed by atoms with Crippen LogP contribution in [-0.4, -0.2) is 73.1 Å². The van der Waals surface area contributed by atoms with E-state index in [9.17, 15) is 37.1 Å². The maximum absolute atomic E-state index is 14.0. The molecule has 3 rings (SSSR count). The van der Waals surface area contributed by atoms with Gasteiger partial charge in [-0.25, -0.2) is 13.2 Å². The van der Waals surface area contributed by atoms with Gasteiger partial charge in [0.05, 0.1) is 12.5 Å². The monoisotopic (exact) mass is 525 g/mol. The zero-order valence-corrected chi connectivity index (χ0v) is 20.8. The van der Waals surface area contributed by atoms with Crippen molar-refractivity contribution in [3.8, 4) is 0 Å². The summed E-state index contributed by atoms with van der Waals surface area (Å²) >= 11 is 0. The number of rotatable bonds is 8. The second kappa shape index (κ2) is 11.2. The Balaban J connectivity index is 1.80. The van der Waals surface area contributed by atoms with Gasteiger partial charge < -0.3 is 26.2 Å². The number of nitrogens with zero attached hydrogens (tertiary/aromatic N) is 1. The van der Waals surface area contributed by atoms with Gasteiger partial charge in [0.15, 0.2) is 11.6 Å². The third-order valence-electron chi connectivity index (χ3n) is 6.72. The Morgan fingerprint density at radius 1 is 1.16 bits per heavy atom. The Bertz CT molecular complexity index is 1090. The number of piperidine rings is 1. The average molecular weight is 526 g/mol. The maximum Gasteiger partial charge on any atom is 0.289 e. The highest BCUT2D eigenvalue weighted by molar-refractivity contribution is 6.39. The molecular weight excluding hydrogens is 495 g/mol. The van der Waals surface area contributed by atoms with E-state index in [1.165, 1.54) is 11.9 Å². The minimum absolute atomic E-state index is 0.137. The number of hydrogen-bond donors (Lipinski definition) is 4. The molecule has 10 nitrogen and oxygen atoms in total. The zero-order valence-electron chi connectivity index (χ0n) is 20.8. The molecule has 1 aromatic carbocycles. The van der Waals surface area contributed by atoms with Gasteiger partial charge in [-0.05, 0) is 24.7 Å². The lowest BCUT2D eigenvalue weighted by molar-refractivity contribution is -0.146. The number of amides is 4. The predicted molar refractivity (Wildman–Crippen MR) is 125 cm³/mol. The van der Waals surface area contributed by atoms with Gasteiger partial charge in [-0.15, -0.1) is 0 Å². The summed E-state index contributed by atoms with van der Waals surface area (Å²) in [6.45, 7) is 3.62. The summed E-state index contributed by atoms with van der Waals surface area (Å²) in [6, 6.07) is -1.57. The fraction of sp³-hybridized carbons (Fsp3) is 0.542. The van der Waals surface area contributed by atoms with E-state index in [1.807, 2.05) is 13.8 Å². The van der Waals surface area contributed by atoms with Crippen LogP contribution in [0.3, 0.4) is 0 Å². The number of ketones is 1. The second-order valence-corrected chi connectivity index (χ2v) is 9.94. The molecule has 1 aromatic rings. The van der Waals surface area contributed by atoms with Crippen molar-refractivity contribution in [1.82, 2.24) is 20.9 Å². The predicted octanol–water partition coefficient (Wildman–Crippen LogP) is 0.469. The molecule has 1 unspecified atom stereocenters. The van der Waals surface area contributed by atoms with E-state index in [0.717, 1.165) is 0 Å². The van der Waals surface area contributed by atoms with Crippen molar-refractivity contribution in [1.29, 1.82) is 0 Å². The molecule has 0 bridgehead atoms. The van der Waals surface area contributed by atoms with Crippen LogP contribution in [0.25, 0.3) is 0 Å². The topological polar surface area (TPSA) is 137 Å². The summed E-state index contributed by atoms with van der Waals surface area (Å²) in [5.41, 5.74) is -1.05. The molecule has 0 aromatic heterocycles. The molecule has 202 valence electrons. The molecule has 37 heavy (non-hydrogen) atoms. The minimum atomic E-state index is -1.43. The van der Waals surface area contributed by atoms with E-state index in [4.69, 9.17) is 0 Å². The van der Waals surface area contributed by atoms with Crippen LogP contribution in [0.4, 0.5) is 18.9 Å². The highest BCUT2D eigenvalue weighted by Gasteiger charge is 2.44. The van der Waals surface area contributed by atoms with Crippen LogP contribution >= 0.6 is 0 Å². The molecule has 0 aliphatic carbocycles. The van der Waals surface area contributed by atoms with Crippen LogP contribution in [0.5, 0.6) is 0 Å². The van der Waals surface area contributed by atoms with Crippen molar-refractivity contribution in [3.63, 3.8) is 0 Å². The Hall–Kier alpha value is -3.64. The normalized spacial score (nSPS) is 21.6. The van der Waals surface area contributed by atoms with E-state index in [1.54, 1.807) is 0 Å². The smallest absolute Gasteiger partial charge is 0.289 e. The first-order chi connectivity index (χ1) is 17.3. The lowest BCUT2D eigenvalue weighted by Crippen LogP contribution is -2.60. The second-order valence-electron chi connectivity index (χ2n) is 9.94. The molecular formula is C24H30F3N5O5. The molecule has 2 aliphatic rings. The number of halogens is 3. The largest absolute Gasteiger partial charge is 0.371 e. The van der Waals surface area contributed by atoms with Gasteiger partial charge in [-0.3, -0.25) is 24.0 Å². The number of benzene rings is 1. The molecule has 4 amide bonds. The Kier molecular flexibility index (Phi) is 8.44. The highest BCUT2D eigenvalue weighted by Crippen LogP contribution is 2.34. The van der Waals surface area contributed by atoms with Crippen LogP contribution in [0.1, 0.15) is 33.1 Å². The molecule has 13 heteroatoms. The molecule has 3 atom stereocenters. The van der Waals surface area contributed by atoms with Gasteiger partial charge >= 0.3 is 0 Å². The first-order valence-electron chi connectivity index (χ1n) is 11.9. The number of hydrogen-bond acceptors (Lipinski definition) is 6. The summed E-state index contributed by atoms with van der Waals surface area (Å²) in [6.07, 6.45) is 0.944. The van der Waals surface area contributed by atoms with E-state index in [2.05, 4.69) is 21.3 Å². The summed E-state index contributed by atoms with van der Waals surface area (Å²) < 4.78 is 41.1. The van der Waals surface area contributed by atoms with Crippen LogP contribution in [0, 0.1) is 28.8 Å². The number of anilines is 1. The molecule has 0 spiro atoms. The van der Waals surface area contributed by atoms with Crippen molar-refractivity contribution in [2.75, 3.05) is 32.0 Å². The number of nitrogens with one attached hydrogen (secondary N) is 4. The van der Waals surface area contributed by atoms with Gasteiger partial charge in [0.2, 0.25) is 23.5 Å².